The van der Waals surface area contributed by atoms with Gasteiger partial charge in [-0.3, -0.25) is 9.59 Å². The highest BCUT2D eigenvalue weighted by molar-refractivity contribution is 7.09. The lowest BCUT2D eigenvalue weighted by molar-refractivity contribution is -0.172. The van der Waals surface area contributed by atoms with Crippen molar-refractivity contribution in [1.82, 2.24) is 14.8 Å². The third-order valence-corrected chi connectivity index (χ3v) is 5.76. The van der Waals surface area contributed by atoms with E-state index in [0.29, 0.717) is 44.5 Å². The average molecular weight is 365 g/mol. The van der Waals surface area contributed by atoms with Crippen LogP contribution in [-0.4, -0.2) is 78.2 Å². The molecule has 1 spiro atoms. The third-order valence-electron chi connectivity index (χ3n) is 4.98. The second-order valence-electron chi connectivity index (χ2n) is 7.22. The van der Waals surface area contributed by atoms with E-state index >= 15 is 0 Å². The lowest BCUT2D eigenvalue weighted by atomic mass is 10.0. The fraction of sp³-hybridized carbons (Fsp3) is 0.706. The predicted molar refractivity (Wildman–Crippen MR) is 91.6 cm³/mol. The lowest BCUT2D eigenvalue weighted by Crippen LogP contribution is -2.61. The zero-order valence-electron chi connectivity index (χ0n) is 14.4. The number of hydrogen-bond acceptors (Lipinski definition) is 6. The number of amides is 2. The smallest absolute Gasteiger partial charge is 0.273 e. The Morgan fingerprint density at radius 1 is 1.44 bits per heavy atom. The van der Waals surface area contributed by atoms with Gasteiger partial charge < -0.3 is 19.3 Å². The molecule has 0 bridgehead atoms. The Morgan fingerprint density at radius 2 is 2.28 bits per heavy atom. The van der Waals surface area contributed by atoms with Crippen LogP contribution < -0.4 is 0 Å². The minimum atomic E-state index is -0.639. The Labute approximate surface area is 150 Å². The van der Waals surface area contributed by atoms with Gasteiger partial charge in [0.05, 0.1) is 31.3 Å². The zero-order valence-corrected chi connectivity index (χ0v) is 15.2. The molecule has 25 heavy (non-hydrogen) atoms. The molecule has 0 radical (unpaired) electrons. The first-order chi connectivity index (χ1) is 12.0. The summed E-state index contributed by atoms with van der Waals surface area (Å²) in [4.78, 5) is 32.9. The van der Waals surface area contributed by atoms with Crippen molar-refractivity contribution < 1.29 is 19.1 Å². The molecule has 0 N–H and O–H groups in total. The molecule has 2 amide bonds. The molecule has 8 heteroatoms. The Morgan fingerprint density at radius 3 is 3.00 bits per heavy atom. The molecular formula is C17H23N3O4S. The summed E-state index contributed by atoms with van der Waals surface area (Å²) in [7, 11) is 0. The van der Waals surface area contributed by atoms with Crippen LogP contribution in [0.1, 0.15) is 28.3 Å². The fourth-order valence-corrected chi connectivity index (χ4v) is 4.04. The van der Waals surface area contributed by atoms with E-state index in [4.69, 9.17) is 9.47 Å². The first-order valence-electron chi connectivity index (χ1n) is 8.76. The number of aromatic nitrogens is 1. The molecule has 3 fully saturated rings. The molecule has 1 aromatic rings. The summed E-state index contributed by atoms with van der Waals surface area (Å²) in [5.74, 6) is 0.569. The minimum Gasteiger partial charge on any atom is -0.376 e. The number of morpholine rings is 1. The zero-order chi connectivity index (χ0) is 17.4. The quantitative estimate of drug-likeness (QED) is 0.797. The van der Waals surface area contributed by atoms with E-state index < -0.39 is 5.60 Å². The highest BCUT2D eigenvalue weighted by atomic mass is 32.1. The highest BCUT2D eigenvalue weighted by Gasteiger charge is 2.45. The predicted octanol–water partition coefficient (Wildman–Crippen LogP) is 0.932. The molecule has 1 saturated carbocycles. The molecule has 7 nitrogen and oxygen atoms in total. The maximum Gasteiger partial charge on any atom is 0.273 e. The number of thiazole rings is 1. The number of nitrogens with zero attached hydrogens (tertiary/aromatic N) is 3. The van der Waals surface area contributed by atoms with Gasteiger partial charge in [0.2, 0.25) is 5.91 Å². The molecule has 3 aliphatic rings. The highest BCUT2D eigenvalue weighted by Crippen LogP contribution is 2.32. The fourth-order valence-electron chi connectivity index (χ4n) is 3.45. The van der Waals surface area contributed by atoms with E-state index in [2.05, 4.69) is 4.98 Å². The minimum absolute atomic E-state index is 0.0368. The van der Waals surface area contributed by atoms with E-state index in [0.717, 1.165) is 11.6 Å². The Hall–Kier alpha value is -1.51. The number of carbonyl (C=O) groups excluding carboxylic acids is 2. The van der Waals surface area contributed by atoms with Gasteiger partial charge in [-0.2, -0.15) is 0 Å². The second-order valence-corrected chi connectivity index (χ2v) is 8.28. The Kier molecular flexibility index (Phi) is 4.51. The number of rotatable bonds is 3. The lowest BCUT2D eigenvalue weighted by Gasteiger charge is -2.43. The van der Waals surface area contributed by atoms with Crippen LogP contribution in [-0.2, 0) is 14.3 Å². The average Bonchev–Trinajstić information content (AvgIpc) is 3.34. The van der Waals surface area contributed by atoms with E-state index in [1.165, 1.54) is 24.2 Å². The van der Waals surface area contributed by atoms with Gasteiger partial charge in [-0.05, 0) is 25.7 Å². The normalized spacial score (nSPS) is 27.6. The van der Waals surface area contributed by atoms with Crippen LogP contribution in [0.25, 0.3) is 0 Å². The standard InChI is InChI=1S/C17H23N3O4S/c1-12-18-14(8-25-12)16(22)19-4-5-23-11-17(9-19)10-20(6-13-2-3-13)15(21)7-24-17/h8,13H,2-7,9-11H2,1H3. The molecule has 2 saturated heterocycles. The molecule has 0 aromatic carbocycles. The van der Waals surface area contributed by atoms with Crippen LogP contribution in [0.15, 0.2) is 5.38 Å². The van der Waals surface area contributed by atoms with Crippen molar-refractivity contribution in [3.8, 4) is 0 Å². The Bertz CT molecular complexity index is 675. The molecule has 1 unspecified atom stereocenters. The van der Waals surface area contributed by atoms with Gasteiger partial charge in [-0.1, -0.05) is 0 Å². The van der Waals surface area contributed by atoms with Gasteiger partial charge in [0, 0.05) is 18.5 Å². The summed E-state index contributed by atoms with van der Waals surface area (Å²) < 4.78 is 11.7. The van der Waals surface area contributed by atoms with Gasteiger partial charge >= 0.3 is 0 Å². The SMILES string of the molecule is Cc1nc(C(=O)N2CCOCC3(CN(CC4CC4)C(=O)CO3)C2)cs1. The molecule has 4 rings (SSSR count). The number of ether oxygens (including phenoxy) is 2. The van der Waals surface area contributed by atoms with Crippen molar-refractivity contribution >= 4 is 23.2 Å². The largest absolute Gasteiger partial charge is 0.376 e. The molecule has 1 aliphatic carbocycles. The number of carbonyl (C=O) groups is 2. The molecule has 2 aliphatic heterocycles. The molecule has 3 heterocycles. The number of aryl methyl sites for hydroxylation is 1. The van der Waals surface area contributed by atoms with E-state index in [1.54, 1.807) is 10.3 Å². The van der Waals surface area contributed by atoms with E-state index in [-0.39, 0.29) is 18.4 Å². The van der Waals surface area contributed by atoms with Gasteiger partial charge in [0.1, 0.15) is 17.9 Å². The Balaban J connectivity index is 1.50. The van der Waals surface area contributed by atoms with Crippen molar-refractivity contribution in [2.45, 2.75) is 25.4 Å². The maximum atomic E-state index is 12.8. The van der Waals surface area contributed by atoms with Crippen LogP contribution in [0.4, 0.5) is 0 Å². The van der Waals surface area contributed by atoms with Gasteiger partial charge in [-0.15, -0.1) is 11.3 Å². The summed E-state index contributed by atoms with van der Waals surface area (Å²) in [6, 6.07) is 0. The van der Waals surface area contributed by atoms with Crippen LogP contribution in [0.2, 0.25) is 0 Å². The second kappa shape index (κ2) is 6.66. The van der Waals surface area contributed by atoms with Crippen molar-refractivity contribution in [2.75, 3.05) is 46.0 Å². The third kappa shape index (κ3) is 3.70. The van der Waals surface area contributed by atoms with Crippen LogP contribution in [0.3, 0.4) is 0 Å². The molecule has 1 aromatic heterocycles. The summed E-state index contributed by atoms with van der Waals surface area (Å²) >= 11 is 1.47. The van der Waals surface area contributed by atoms with Crippen molar-refractivity contribution in [3.63, 3.8) is 0 Å². The molecule has 1 atom stereocenters. The summed E-state index contributed by atoms with van der Waals surface area (Å²) in [6.07, 6.45) is 2.39. The van der Waals surface area contributed by atoms with Crippen molar-refractivity contribution in [3.05, 3.63) is 16.1 Å². The van der Waals surface area contributed by atoms with Gasteiger partial charge in [0.25, 0.3) is 5.91 Å². The van der Waals surface area contributed by atoms with Gasteiger partial charge in [-0.25, -0.2) is 4.98 Å². The number of hydrogen-bond donors (Lipinski definition) is 0. The van der Waals surface area contributed by atoms with E-state index in [1.807, 2.05) is 11.8 Å². The first kappa shape index (κ1) is 16.9. The van der Waals surface area contributed by atoms with Crippen molar-refractivity contribution in [1.29, 1.82) is 0 Å². The molecular weight excluding hydrogens is 342 g/mol. The summed E-state index contributed by atoms with van der Waals surface area (Å²) in [5, 5.41) is 2.67. The first-order valence-corrected chi connectivity index (χ1v) is 9.63. The maximum absolute atomic E-state index is 12.8. The monoisotopic (exact) mass is 365 g/mol. The van der Waals surface area contributed by atoms with Crippen LogP contribution in [0.5, 0.6) is 0 Å². The molecule has 136 valence electrons. The summed E-state index contributed by atoms with van der Waals surface area (Å²) in [5.41, 5.74) is -0.165. The summed E-state index contributed by atoms with van der Waals surface area (Å²) in [6.45, 7) is 5.05. The topological polar surface area (TPSA) is 72.0 Å². The van der Waals surface area contributed by atoms with Gasteiger partial charge in [0.15, 0.2) is 0 Å². The van der Waals surface area contributed by atoms with Crippen LogP contribution >= 0.6 is 11.3 Å². The van der Waals surface area contributed by atoms with E-state index in [9.17, 15) is 9.59 Å². The van der Waals surface area contributed by atoms with Crippen molar-refractivity contribution in [2.24, 2.45) is 5.92 Å². The van der Waals surface area contributed by atoms with Crippen LogP contribution in [0, 0.1) is 12.8 Å².